The van der Waals surface area contributed by atoms with E-state index >= 15 is 0 Å². The van der Waals surface area contributed by atoms with Gasteiger partial charge in [0.25, 0.3) is 4.84 Å². The van der Waals surface area contributed by atoms with Crippen LogP contribution >= 0.6 is 12.2 Å². The van der Waals surface area contributed by atoms with Gasteiger partial charge in [-0.05, 0) is 55.5 Å². The average Bonchev–Trinajstić information content (AvgIpc) is 2.90. The molecule has 1 aromatic heterocycles. The molecule has 1 heterocycles. The molecule has 0 unspecified atom stereocenters. The molecule has 0 aliphatic carbocycles. The highest BCUT2D eigenvalue weighted by atomic mass is 32.1. The smallest absolute Gasteiger partial charge is 0.269 e. The Morgan fingerprint density at radius 1 is 1.21 bits per heavy atom. The summed E-state index contributed by atoms with van der Waals surface area (Å²) in [5.41, 5.74) is 2.27. The molecular formula is C18H17FN2O2S. The van der Waals surface area contributed by atoms with Crippen molar-refractivity contribution in [3.8, 4) is 0 Å². The van der Waals surface area contributed by atoms with E-state index in [0.29, 0.717) is 29.2 Å². The number of fused-ring (bicyclic) bond motifs is 1. The van der Waals surface area contributed by atoms with Crippen LogP contribution in [-0.2, 0) is 11.3 Å². The van der Waals surface area contributed by atoms with Gasteiger partial charge in [-0.15, -0.1) is 0 Å². The van der Waals surface area contributed by atoms with Crippen molar-refractivity contribution in [3.05, 3.63) is 59.2 Å². The van der Waals surface area contributed by atoms with Crippen LogP contribution < -0.4 is 4.90 Å². The fraction of sp³-hybridized carbons (Fsp3) is 0.222. The van der Waals surface area contributed by atoms with Crippen molar-refractivity contribution in [2.45, 2.75) is 19.9 Å². The van der Waals surface area contributed by atoms with E-state index in [1.807, 2.05) is 35.8 Å². The van der Waals surface area contributed by atoms with Crippen molar-refractivity contribution in [1.29, 1.82) is 0 Å². The maximum atomic E-state index is 13.1. The highest BCUT2D eigenvalue weighted by Crippen LogP contribution is 2.19. The average molecular weight is 344 g/mol. The zero-order valence-electron chi connectivity index (χ0n) is 13.2. The molecule has 0 saturated carbocycles. The van der Waals surface area contributed by atoms with Crippen LogP contribution in [0.3, 0.4) is 0 Å². The largest absolute Gasteiger partial charge is 0.429 e. The van der Waals surface area contributed by atoms with E-state index in [2.05, 4.69) is 0 Å². The number of para-hydroxylation sites is 2. The minimum atomic E-state index is -0.321. The Morgan fingerprint density at radius 2 is 1.92 bits per heavy atom. The quantitative estimate of drug-likeness (QED) is 0.638. The fourth-order valence-corrected chi connectivity index (χ4v) is 2.97. The standard InChI is InChI=1S/C18H17FN2O2S/c1-2-20(14-9-7-13(19)8-10-14)17(22)11-12-21-15-5-3-4-6-16(15)23-18(21)24/h3-10H,2,11-12H2,1H3. The number of nitrogens with zero attached hydrogens (tertiary/aromatic N) is 2. The van der Waals surface area contributed by atoms with Crippen molar-refractivity contribution in [2.24, 2.45) is 0 Å². The molecule has 0 atom stereocenters. The summed E-state index contributed by atoms with van der Waals surface area (Å²) in [6.07, 6.45) is 0.281. The second kappa shape index (κ2) is 6.97. The summed E-state index contributed by atoms with van der Waals surface area (Å²) < 4.78 is 20.4. The van der Waals surface area contributed by atoms with Crippen molar-refractivity contribution in [3.63, 3.8) is 0 Å². The first-order chi connectivity index (χ1) is 11.6. The van der Waals surface area contributed by atoms with Gasteiger partial charge in [0, 0.05) is 25.2 Å². The van der Waals surface area contributed by atoms with Crippen LogP contribution in [0.1, 0.15) is 13.3 Å². The Kier molecular flexibility index (Phi) is 4.76. The van der Waals surface area contributed by atoms with Crippen LogP contribution in [0.5, 0.6) is 0 Å². The highest BCUT2D eigenvalue weighted by Gasteiger charge is 2.15. The van der Waals surface area contributed by atoms with Crippen LogP contribution in [0.2, 0.25) is 0 Å². The van der Waals surface area contributed by atoms with Gasteiger partial charge in [0.1, 0.15) is 5.82 Å². The van der Waals surface area contributed by atoms with Gasteiger partial charge in [0.05, 0.1) is 5.52 Å². The number of carbonyl (C=O) groups excluding carboxylic acids is 1. The lowest BCUT2D eigenvalue weighted by molar-refractivity contribution is -0.118. The van der Waals surface area contributed by atoms with Crippen molar-refractivity contribution in [1.82, 2.24) is 4.57 Å². The Hall–Kier alpha value is -2.47. The first kappa shape index (κ1) is 16.4. The van der Waals surface area contributed by atoms with Gasteiger partial charge in [-0.1, -0.05) is 12.1 Å². The molecule has 124 valence electrons. The van der Waals surface area contributed by atoms with E-state index < -0.39 is 0 Å². The predicted molar refractivity (Wildman–Crippen MR) is 94.1 cm³/mol. The van der Waals surface area contributed by atoms with Gasteiger partial charge in [-0.3, -0.25) is 9.36 Å². The normalized spacial score (nSPS) is 10.9. The second-order valence-electron chi connectivity index (χ2n) is 5.35. The van der Waals surface area contributed by atoms with Crippen molar-refractivity contribution in [2.75, 3.05) is 11.4 Å². The molecule has 24 heavy (non-hydrogen) atoms. The topological polar surface area (TPSA) is 38.4 Å². The molecule has 3 rings (SSSR count). The van der Waals surface area contributed by atoms with Crippen LogP contribution in [0.25, 0.3) is 11.1 Å². The Labute approximate surface area is 144 Å². The first-order valence-electron chi connectivity index (χ1n) is 7.74. The van der Waals surface area contributed by atoms with Gasteiger partial charge in [0.2, 0.25) is 5.91 Å². The molecule has 4 nitrogen and oxygen atoms in total. The van der Waals surface area contributed by atoms with E-state index in [1.165, 1.54) is 12.1 Å². The molecule has 0 spiro atoms. The molecule has 2 aromatic carbocycles. The maximum Gasteiger partial charge on any atom is 0.269 e. The third kappa shape index (κ3) is 3.23. The van der Waals surface area contributed by atoms with Crippen LogP contribution in [-0.4, -0.2) is 17.0 Å². The van der Waals surface area contributed by atoms with Crippen molar-refractivity contribution >= 4 is 34.9 Å². The van der Waals surface area contributed by atoms with E-state index in [-0.39, 0.29) is 18.1 Å². The molecule has 0 aliphatic rings. The minimum Gasteiger partial charge on any atom is -0.429 e. The maximum absolute atomic E-state index is 13.1. The van der Waals surface area contributed by atoms with Gasteiger partial charge in [-0.2, -0.15) is 0 Å². The number of halogens is 1. The number of benzene rings is 2. The Morgan fingerprint density at radius 3 is 2.62 bits per heavy atom. The van der Waals surface area contributed by atoms with Gasteiger partial charge in [-0.25, -0.2) is 4.39 Å². The van der Waals surface area contributed by atoms with E-state index in [4.69, 9.17) is 16.6 Å². The second-order valence-corrected chi connectivity index (χ2v) is 5.70. The molecule has 1 amide bonds. The summed E-state index contributed by atoms with van der Waals surface area (Å²) >= 11 is 5.24. The number of carbonyl (C=O) groups is 1. The SMILES string of the molecule is CCN(C(=O)CCn1c(=S)oc2ccccc21)c1ccc(F)cc1. The molecule has 0 aliphatic heterocycles. The van der Waals surface area contributed by atoms with Crippen LogP contribution in [0.15, 0.2) is 52.9 Å². The van der Waals surface area contributed by atoms with Gasteiger partial charge < -0.3 is 9.32 Å². The third-order valence-electron chi connectivity index (χ3n) is 3.88. The summed E-state index contributed by atoms with van der Waals surface area (Å²) in [5, 5.41) is 0. The number of oxazole rings is 1. The number of rotatable bonds is 5. The van der Waals surface area contributed by atoms with Crippen LogP contribution in [0.4, 0.5) is 10.1 Å². The first-order valence-corrected chi connectivity index (χ1v) is 8.15. The molecule has 0 N–H and O–H groups in total. The molecule has 3 aromatic rings. The predicted octanol–water partition coefficient (Wildman–Crippen LogP) is 4.55. The summed E-state index contributed by atoms with van der Waals surface area (Å²) in [6, 6.07) is 13.5. The van der Waals surface area contributed by atoms with E-state index in [1.54, 1.807) is 17.0 Å². The summed E-state index contributed by atoms with van der Waals surface area (Å²) in [4.78, 5) is 14.5. The zero-order chi connectivity index (χ0) is 17.1. The zero-order valence-corrected chi connectivity index (χ0v) is 14.1. The minimum absolute atomic E-state index is 0.0451. The molecule has 6 heteroatoms. The number of hydrogen-bond acceptors (Lipinski definition) is 3. The van der Waals surface area contributed by atoms with Gasteiger partial charge in [0.15, 0.2) is 5.58 Å². The number of hydrogen-bond donors (Lipinski definition) is 0. The number of aryl methyl sites for hydroxylation is 1. The highest BCUT2D eigenvalue weighted by molar-refractivity contribution is 7.71. The fourth-order valence-electron chi connectivity index (χ4n) is 2.69. The Balaban J connectivity index is 1.77. The number of amides is 1. The van der Waals surface area contributed by atoms with E-state index in [9.17, 15) is 9.18 Å². The lowest BCUT2D eigenvalue weighted by Crippen LogP contribution is -2.31. The summed E-state index contributed by atoms with van der Waals surface area (Å²) in [6.45, 7) is 2.84. The molecule has 0 radical (unpaired) electrons. The molecule has 0 fully saturated rings. The third-order valence-corrected chi connectivity index (χ3v) is 4.18. The lowest BCUT2D eigenvalue weighted by atomic mass is 10.2. The van der Waals surface area contributed by atoms with Crippen molar-refractivity contribution < 1.29 is 13.6 Å². The molecule has 0 saturated heterocycles. The number of aromatic nitrogens is 1. The van der Waals surface area contributed by atoms with E-state index in [0.717, 1.165) is 5.52 Å². The molecular weight excluding hydrogens is 327 g/mol. The summed E-state index contributed by atoms with van der Waals surface area (Å²) in [5.74, 6) is -0.366. The molecule has 0 bridgehead atoms. The number of anilines is 1. The summed E-state index contributed by atoms with van der Waals surface area (Å²) in [7, 11) is 0. The lowest BCUT2D eigenvalue weighted by Gasteiger charge is -2.21. The Bertz CT molecular complexity index is 915. The van der Waals surface area contributed by atoms with Crippen LogP contribution in [0, 0.1) is 10.7 Å². The van der Waals surface area contributed by atoms with Gasteiger partial charge >= 0.3 is 0 Å². The monoisotopic (exact) mass is 344 g/mol.